The van der Waals surface area contributed by atoms with Gasteiger partial charge in [-0.2, -0.15) is 0 Å². The standard InChI is InChI=1S/C16H25N3O2S/c1-11-9-19(10-14(11)18(3)4)16(21)8-13(17-12(2)20)15-6-5-7-22-15/h5-7,11,13-14H,8-10H2,1-4H3,(H,17,20)/t11-,13+,14-/m0/s1. The third kappa shape index (κ3) is 4.08. The zero-order valence-corrected chi connectivity index (χ0v) is 14.5. The number of hydrogen-bond acceptors (Lipinski definition) is 4. The van der Waals surface area contributed by atoms with Gasteiger partial charge in [-0.05, 0) is 31.5 Å². The summed E-state index contributed by atoms with van der Waals surface area (Å²) < 4.78 is 0. The quantitative estimate of drug-likeness (QED) is 0.898. The zero-order valence-electron chi connectivity index (χ0n) is 13.7. The molecule has 1 fully saturated rings. The van der Waals surface area contributed by atoms with Gasteiger partial charge in [-0.3, -0.25) is 9.59 Å². The van der Waals surface area contributed by atoms with Gasteiger partial charge in [0, 0.05) is 30.9 Å². The van der Waals surface area contributed by atoms with Crippen molar-refractivity contribution in [3.8, 4) is 0 Å². The average molecular weight is 323 g/mol. The Kier molecular flexibility index (Phi) is 5.58. The summed E-state index contributed by atoms with van der Waals surface area (Å²) in [6, 6.07) is 4.09. The van der Waals surface area contributed by atoms with Crippen LogP contribution in [-0.2, 0) is 9.59 Å². The molecule has 2 amide bonds. The first-order chi connectivity index (χ1) is 10.4. The second-order valence-electron chi connectivity index (χ2n) is 6.28. The summed E-state index contributed by atoms with van der Waals surface area (Å²) in [4.78, 5) is 29.2. The highest BCUT2D eigenvalue weighted by atomic mass is 32.1. The fourth-order valence-corrected chi connectivity index (χ4v) is 3.86. The van der Waals surface area contributed by atoms with Crippen LogP contribution >= 0.6 is 11.3 Å². The maximum Gasteiger partial charge on any atom is 0.225 e. The van der Waals surface area contributed by atoms with Crippen molar-refractivity contribution in [1.29, 1.82) is 0 Å². The normalized spacial score (nSPS) is 22.9. The lowest BCUT2D eigenvalue weighted by Gasteiger charge is -2.23. The highest BCUT2D eigenvalue weighted by molar-refractivity contribution is 7.10. The molecule has 1 saturated heterocycles. The maximum absolute atomic E-state index is 12.6. The lowest BCUT2D eigenvalue weighted by Crippen LogP contribution is -2.37. The summed E-state index contributed by atoms with van der Waals surface area (Å²) in [5, 5.41) is 4.86. The number of likely N-dealkylation sites (tertiary alicyclic amines) is 1. The van der Waals surface area contributed by atoms with Crippen LogP contribution in [0.25, 0.3) is 0 Å². The number of nitrogens with zero attached hydrogens (tertiary/aromatic N) is 2. The zero-order chi connectivity index (χ0) is 16.3. The van der Waals surface area contributed by atoms with Crippen LogP contribution in [-0.4, -0.2) is 54.8 Å². The van der Waals surface area contributed by atoms with Gasteiger partial charge in [-0.1, -0.05) is 13.0 Å². The SMILES string of the molecule is CC(=O)N[C@H](CC(=O)N1C[C@H](C)[C@@H](N(C)C)C1)c1cccs1. The minimum Gasteiger partial charge on any atom is -0.348 e. The summed E-state index contributed by atoms with van der Waals surface area (Å²) in [5.41, 5.74) is 0. The average Bonchev–Trinajstić information content (AvgIpc) is 3.06. The van der Waals surface area contributed by atoms with Gasteiger partial charge in [0.25, 0.3) is 0 Å². The molecule has 22 heavy (non-hydrogen) atoms. The van der Waals surface area contributed by atoms with E-state index >= 15 is 0 Å². The summed E-state index contributed by atoms with van der Waals surface area (Å²) in [6.45, 7) is 5.23. The Morgan fingerprint density at radius 1 is 1.45 bits per heavy atom. The predicted molar refractivity (Wildman–Crippen MR) is 88.7 cm³/mol. The van der Waals surface area contributed by atoms with E-state index in [2.05, 4.69) is 31.2 Å². The smallest absolute Gasteiger partial charge is 0.225 e. The van der Waals surface area contributed by atoms with Crippen LogP contribution in [0.5, 0.6) is 0 Å². The monoisotopic (exact) mass is 323 g/mol. The lowest BCUT2D eigenvalue weighted by molar-refractivity contribution is -0.131. The largest absolute Gasteiger partial charge is 0.348 e. The van der Waals surface area contributed by atoms with Crippen LogP contribution in [0, 0.1) is 5.92 Å². The van der Waals surface area contributed by atoms with Crippen LogP contribution < -0.4 is 5.32 Å². The maximum atomic E-state index is 12.6. The van der Waals surface area contributed by atoms with E-state index in [1.54, 1.807) is 11.3 Å². The van der Waals surface area contributed by atoms with Gasteiger partial charge < -0.3 is 15.1 Å². The molecule has 1 N–H and O–H groups in total. The van der Waals surface area contributed by atoms with Gasteiger partial charge in [0.1, 0.15) is 0 Å². The molecular formula is C16H25N3O2S. The molecule has 1 aromatic heterocycles. The van der Waals surface area contributed by atoms with Gasteiger partial charge >= 0.3 is 0 Å². The van der Waals surface area contributed by atoms with E-state index in [-0.39, 0.29) is 17.9 Å². The molecule has 2 heterocycles. The van der Waals surface area contributed by atoms with E-state index in [0.717, 1.165) is 18.0 Å². The Labute approximate surface area is 136 Å². The van der Waals surface area contributed by atoms with E-state index in [9.17, 15) is 9.59 Å². The molecule has 1 aromatic rings. The van der Waals surface area contributed by atoms with Crippen molar-refractivity contribution in [2.45, 2.75) is 32.4 Å². The third-order valence-corrected chi connectivity index (χ3v) is 5.22. The highest BCUT2D eigenvalue weighted by Gasteiger charge is 2.34. The molecule has 0 radical (unpaired) electrons. The molecule has 0 saturated carbocycles. The molecule has 0 spiro atoms. The van der Waals surface area contributed by atoms with Gasteiger partial charge in [-0.15, -0.1) is 11.3 Å². The van der Waals surface area contributed by atoms with Crippen molar-refractivity contribution >= 4 is 23.2 Å². The summed E-state index contributed by atoms with van der Waals surface area (Å²) in [5.74, 6) is 0.482. The van der Waals surface area contributed by atoms with Crippen molar-refractivity contribution in [2.75, 3.05) is 27.2 Å². The van der Waals surface area contributed by atoms with Crippen molar-refractivity contribution in [2.24, 2.45) is 5.92 Å². The van der Waals surface area contributed by atoms with Crippen LogP contribution in [0.4, 0.5) is 0 Å². The Hall–Kier alpha value is -1.40. The first-order valence-corrected chi connectivity index (χ1v) is 8.51. The Balaban J connectivity index is 2.01. The fraction of sp³-hybridized carbons (Fsp3) is 0.625. The Morgan fingerprint density at radius 3 is 2.68 bits per heavy atom. The first kappa shape index (κ1) is 17.0. The minimum atomic E-state index is -0.223. The molecule has 6 heteroatoms. The molecule has 1 aliphatic heterocycles. The minimum absolute atomic E-state index is 0.104. The molecule has 0 aliphatic carbocycles. The van der Waals surface area contributed by atoms with Gasteiger partial charge in [-0.25, -0.2) is 0 Å². The topological polar surface area (TPSA) is 52.7 Å². The van der Waals surface area contributed by atoms with Crippen molar-refractivity contribution in [3.63, 3.8) is 0 Å². The van der Waals surface area contributed by atoms with E-state index in [0.29, 0.717) is 18.4 Å². The number of amides is 2. The van der Waals surface area contributed by atoms with E-state index in [1.807, 2.05) is 22.4 Å². The fourth-order valence-electron chi connectivity index (χ4n) is 3.09. The molecule has 122 valence electrons. The van der Waals surface area contributed by atoms with E-state index in [1.165, 1.54) is 6.92 Å². The van der Waals surface area contributed by atoms with Crippen molar-refractivity contribution in [1.82, 2.24) is 15.1 Å². The number of nitrogens with one attached hydrogen (secondary N) is 1. The van der Waals surface area contributed by atoms with Crippen LogP contribution in [0.3, 0.4) is 0 Å². The number of likely N-dealkylation sites (N-methyl/N-ethyl adjacent to an activating group) is 1. The molecule has 3 atom stereocenters. The Morgan fingerprint density at radius 2 is 2.18 bits per heavy atom. The van der Waals surface area contributed by atoms with Crippen molar-refractivity contribution in [3.05, 3.63) is 22.4 Å². The second kappa shape index (κ2) is 7.24. The number of hydrogen-bond donors (Lipinski definition) is 1. The first-order valence-electron chi connectivity index (χ1n) is 7.63. The lowest BCUT2D eigenvalue weighted by atomic mass is 10.1. The number of thiophene rings is 1. The highest BCUT2D eigenvalue weighted by Crippen LogP contribution is 2.26. The molecule has 0 aromatic carbocycles. The van der Waals surface area contributed by atoms with Gasteiger partial charge in [0.15, 0.2) is 0 Å². The Bertz CT molecular complexity index is 515. The van der Waals surface area contributed by atoms with Crippen LogP contribution in [0.15, 0.2) is 17.5 Å². The predicted octanol–water partition coefficient (Wildman–Crippen LogP) is 1.72. The summed E-state index contributed by atoms with van der Waals surface area (Å²) >= 11 is 1.57. The van der Waals surface area contributed by atoms with Crippen molar-refractivity contribution < 1.29 is 9.59 Å². The molecule has 0 bridgehead atoms. The van der Waals surface area contributed by atoms with Crippen LogP contribution in [0.2, 0.25) is 0 Å². The number of carbonyl (C=O) groups is 2. The summed E-state index contributed by atoms with van der Waals surface area (Å²) in [6.07, 6.45) is 0.326. The molecule has 5 nitrogen and oxygen atoms in total. The second-order valence-corrected chi connectivity index (χ2v) is 7.26. The van der Waals surface area contributed by atoms with Gasteiger partial charge in [0.05, 0.1) is 12.5 Å². The van der Waals surface area contributed by atoms with Crippen LogP contribution in [0.1, 0.15) is 31.2 Å². The van der Waals surface area contributed by atoms with E-state index in [4.69, 9.17) is 0 Å². The molecule has 1 aliphatic rings. The van der Waals surface area contributed by atoms with E-state index < -0.39 is 0 Å². The molecule has 0 unspecified atom stereocenters. The number of carbonyl (C=O) groups excluding carboxylic acids is 2. The van der Waals surface area contributed by atoms with Gasteiger partial charge in [0.2, 0.25) is 11.8 Å². The third-order valence-electron chi connectivity index (χ3n) is 4.23. The molecule has 2 rings (SSSR count). The summed E-state index contributed by atoms with van der Waals surface area (Å²) in [7, 11) is 4.11. The molecular weight excluding hydrogens is 298 g/mol. The number of rotatable bonds is 5.